The molecule has 0 saturated heterocycles. The molecule has 0 fully saturated rings. The largest absolute Gasteiger partial charge is 0.379 e. The lowest BCUT2D eigenvalue weighted by molar-refractivity contribution is 0.402. The molecule has 96 valence electrons. The molecule has 0 spiro atoms. The average molecular weight is 282 g/mol. The van der Waals surface area contributed by atoms with Gasteiger partial charge < -0.3 is 10.2 Å². The Labute approximate surface area is 116 Å². The molecule has 1 N–H and O–H groups in total. The zero-order valence-corrected chi connectivity index (χ0v) is 12.1. The summed E-state index contributed by atoms with van der Waals surface area (Å²) < 4.78 is 0.730. The summed E-state index contributed by atoms with van der Waals surface area (Å²) in [6.45, 7) is 1.67. The van der Waals surface area contributed by atoms with E-state index in [0.717, 1.165) is 21.6 Å². The number of benzene rings is 1. The van der Waals surface area contributed by atoms with Crippen molar-refractivity contribution >= 4 is 28.6 Å². The first-order chi connectivity index (χ1) is 8.63. The van der Waals surface area contributed by atoms with Gasteiger partial charge in [0, 0.05) is 12.2 Å². The van der Waals surface area contributed by atoms with E-state index in [1.807, 2.05) is 0 Å². The van der Waals surface area contributed by atoms with Gasteiger partial charge in [0.15, 0.2) is 0 Å². The maximum absolute atomic E-state index is 5.83. The van der Waals surface area contributed by atoms with Crippen LogP contribution in [0.25, 0.3) is 0 Å². The van der Waals surface area contributed by atoms with E-state index in [1.54, 1.807) is 6.20 Å². The second kappa shape index (κ2) is 6.18. The third-order valence-electron chi connectivity index (χ3n) is 2.42. The van der Waals surface area contributed by atoms with Crippen LogP contribution in [-0.4, -0.2) is 24.0 Å². The van der Waals surface area contributed by atoms with Crippen LogP contribution in [-0.2, 0) is 13.1 Å². The first kappa shape index (κ1) is 13.3. The van der Waals surface area contributed by atoms with Gasteiger partial charge in [-0.05, 0) is 31.8 Å². The Bertz CT molecular complexity index is 493. The summed E-state index contributed by atoms with van der Waals surface area (Å²) >= 11 is 7.34. The summed E-state index contributed by atoms with van der Waals surface area (Å²) in [7, 11) is 4.14. The van der Waals surface area contributed by atoms with Crippen LogP contribution < -0.4 is 5.32 Å². The predicted octanol–water partition coefficient (Wildman–Crippen LogP) is 3.47. The van der Waals surface area contributed by atoms with Crippen molar-refractivity contribution in [2.45, 2.75) is 13.1 Å². The van der Waals surface area contributed by atoms with Crippen LogP contribution in [0.2, 0.25) is 4.34 Å². The SMILES string of the molecule is CN(C)Cc1ccc(NCc2ncc(Cl)s2)cc1. The number of nitrogens with one attached hydrogen (secondary N) is 1. The van der Waals surface area contributed by atoms with Crippen LogP contribution in [0.1, 0.15) is 10.6 Å². The molecular formula is C13H16ClN3S. The molecule has 0 unspecified atom stereocenters. The van der Waals surface area contributed by atoms with Crippen molar-refractivity contribution in [3.05, 3.63) is 45.4 Å². The number of aromatic nitrogens is 1. The van der Waals surface area contributed by atoms with Gasteiger partial charge in [0.1, 0.15) is 9.34 Å². The number of hydrogen-bond acceptors (Lipinski definition) is 4. The van der Waals surface area contributed by atoms with Crippen molar-refractivity contribution in [1.29, 1.82) is 0 Å². The Kier molecular flexibility index (Phi) is 4.58. The highest BCUT2D eigenvalue weighted by Gasteiger charge is 2.00. The molecule has 0 atom stereocenters. The highest BCUT2D eigenvalue weighted by molar-refractivity contribution is 7.15. The number of rotatable bonds is 5. The van der Waals surface area contributed by atoms with Crippen molar-refractivity contribution in [2.75, 3.05) is 19.4 Å². The molecule has 2 aromatic rings. The Morgan fingerprint density at radius 1 is 1.28 bits per heavy atom. The summed E-state index contributed by atoms with van der Waals surface area (Å²) in [6, 6.07) is 8.45. The number of thiazole rings is 1. The summed E-state index contributed by atoms with van der Waals surface area (Å²) in [5.41, 5.74) is 2.41. The first-order valence-corrected chi connectivity index (χ1v) is 6.90. The van der Waals surface area contributed by atoms with Gasteiger partial charge in [-0.25, -0.2) is 4.98 Å². The maximum atomic E-state index is 5.83. The number of halogens is 1. The van der Waals surface area contributed by atoms with Crippen LogP contribution in [0.4, 0.5) is 5.69 Å². The maximum Gasteiger partial charge on any atom is 0.113 e. The molecule has 0 amide bonds. The van der Waals surface area contributed by atoms with Crippen LogP contribution >= 0.6 is 22.9 Å². The number of nitrogens with zero attached hydrogens (tertiary/aromatic N) is 2. The van der Waals surface area contributed by atoms with Gasteiger partial charge in [-0.1, -0.05) is 23.7 Å². The molecule has 0 saturated carbocycles. The summed E-state index contributed by atoms with van der Waals surface area (Å²) in [5, 5.41) is 4.33. The molecule has 0 aliphatic rings. The van der Waals surface area contributed by atoms with Crippen LogP contribution in [0, 0.1) is 0 Å². The van der Waals surface area contributed by atoms with E-state index >= 15 is 0 Å². The van der Waals surface area contributed by atoms with Gasteiger partial charge in [0.25, 0.3) is 0 Å². The quantitative estimate of drug-likeness (QED) is 0.910. The Morgan fingerprint density at radius 2 is 2.00 bits per heavy atom. The molecule has 5 heteroatoms. The smallest absolute Gasteiger partial charge is 0.113 e. The highest BCUT2D eigenvalue weighted by Crippen LogP contribution is 2.19. The summed E-state index contributed by atoms with van der Waals surface area (Å²) in [5.74, 6) is 0. The molecule has 0 aliphatic carbocycles. The molecule has 0 radical (unpaired) electrons. The molecule has 18 heavy (non-hydrogen) atoms. The number of anilines is 1. The average Bonchev–Trinajstić information content (AvgIpc) is 2.74. The van der Waals surface area contributed by atoms with E-state index in [9.17, 15) is 0 Å². The number of hydrogen-bond donors (Lipinski definition) is 1. The fourth-order valence-corrected chi connectivity index (χ4v) is 2.54. The van der Waals surface area contributed by atoms with Crippen molar-refractivity contribution < 1.29 is 0 Å². The molecule has 1 heterocycles. The Hall–Kier alpha value is -1.10. The minimum absolute atomic E-state index is 0.713. The molecule has 3 nitrogen and oxygen atoms in total. The fourth-order valence-electron chi connectivity index (χ4n) is 1.64. The van der Waals surface area contributed by atoms with Crippen LogP contribution in [0.15, 0.2) is 30.5 Å². The Morgan fingerprint density at radius 3 is 2.56 bits per heavy atom. The van der Waals surface area contributed by atoms with Gasteiger partial charge in [0.05, 0.1) is 12.7 Å². The zero-order chi connectivity index (χ0) is 13.0. The van der Waals surface area contributed by atoms with Gasteiger partial charge in [-0.15, -0.1) is 11.3 Å². The van der Waals surface area contributed by atoms with Crippen LogP contribution in [0.3, 0.4) is 0 Å². The minimum Gasteiger partial charge on any atom is -0.379 e. The van der Waals surface area contributed by atoms with E-state index in [2.05, 4.69) is 53.6 Å². The van der Waals surface area contributed by atoms with Gasteiger partial charge >= 0.3 is 0 Å². The lowest BCUT2D eigenvalue weighted by atomic mass is 10.2. The van der Waals surface area contributed by atoms with Gasteiger partial charge in [-0.2, -0.15) is 0 Å². The van der Waals surface area contributed by atoms with E-state index in [4.69, 9.17) is 11.6 Å². The van der Waals surface area contributed by atoms with Crippen molar-refractivity contribution in [1.82, 2.24) is 9.88 Å². The van der Waals surface area contributed by atoms with Gasteiger partial charge in [0.2, 0.25) is 0 Å². The third kappa shape index (κ3) is 3.98. The molecule has 2 rings (SSSR count). The molecular weight excluding hydrogens is 266 g/mol. The lowest BCUT2D eigenvalue weighted by Gasteiger charge is -2.10. The highest BCUT2D eigenvalue weighted by atomic mass is 35.5. The van der Waals surface area contributed by atoms with Crippen molar-refractivity contribution in [3.63, 3.8) is 0 Å². The zero-order valence-electron chi connectivity index (χ0n) is 10.5. The van der Waals surface area contributed by atoms with E-state index in [1.165, 1.54) is 16.9 Å². The summed E-state index contributed by atoms with van der Waals surface area (Å²) in [4.78, 5) is 6.36. The van der Waals surface area contributed by atoms with E-state index in [0.29, 0.717) is 6.54 Å². The van der Waals surface area contributed by atoms with E-state index < -0.39 is 0 Å². The summed E-state index contributed by atoms with van der Waals surface area (Å²) in [6.07, 6.45) is 1.68. The normalized spacial score (nSPS) is 10.9. The molecule has 0 bridgehead atoms. The van der Waals surface area contributed by atoms with Crippen molar-refractivity contribution in [3.8, 4) is 0 Å². The topological polar surface area (TPSA) is 28.2 Å². The Balaban J connectivity index is 1.90. The standard InChI is InChI=1S/C13H16ClN3S/c1-17(2)9-10-3-5-11(6-4-10)15-8-13-16-7-12(14)18-13/h3-7,15H,8-9H2,1-2H3. The first-order valence-electron chi connectivity index (χ1n) is 5.71. The molecule has 0 aliphatic heterocycles. The lowest BCUT2D eigenvalue weighted by Crippen LogP contribution is -2.10. The third-order valence-corrected chi connectivity index (χ3v) is 3.54. The minimum atomic E-state index is 0.713. The fraction of sp³-hybridized carbons (Fsp3) is 0.308. The second-order valence-corrected chi connectivity index (χ2v) is 6.09. The van der Waals surface area contributed by atoms with E-state index in [-0.39, 0.29) is 0 Å². The predicted molar refractivity (Wildman–Crippen MR) is 78.3 cm³/mol. The van der Waals surface area contributed by atoms with Crippen molar-refractivity contribution in [2.24, 2.45) is 0 Å². The second-order valence-electron chi connectivity index (χ2n) is 4.35. The van der Waals surface area contributed by atoms with Crippen LogP contribution in [0.5, 0.6) is 0 Å². The molecule has 1 aromatic carbocycles. The van der Waals surface area contributed by atoms with Gasteiger partial charge in [-0.3, -0.25) is 0 Å². The molecule has 1 aromatic heterocycles. The monoisotopic (exact) mass is 281 g/mol.